The average Bonchev–Trinajstić information content (AvgIpc) is 2.50. The van der Waals surface area contributed by atoms with E-state index in [1.807, 2.05) is 0 Å². The van der Waals surface area contributed by atoms with Crippen LogP contribution in [0, 0.1) is 0 Å². The molecule has 0 saturated carbocycles. The number of nitrogens with two attached hydrogens (primary N) is 1. The number of hydrogen-bond acceptors (Lipinski definition) is 4. The van der Waals surface area contributed by atoms with Gasteiger partial charge in [0.2, 0.25) is 5.95 Å². The molecule has 0 aliphatic heterocycles. The van der Waals surface area contributed by atoms with Gasteiger partial charge in [-0.3, -0.25) is 10.2 Å². The van der Waals surface area contributed by atoms with Gasteiger partial charge in [-0.25, -0.2) is 15.4 Å². The van der Waals surface area contributed by atoms with Gasteiger partial charge in [0.1, 0.15) is 0 Å². The minimum Gasteiger partial charge on any atom is -0.293 e. The molecule has 106 valence electrons. The fourth-order valence-corrected chi connectivity index (χ4v) is 2.48. The first-order valence-electron chi connectivity index (χ1n) is 6.05. The quantitative estimate of drug-likeness (QED) is 0.562. The summed E-state index contributed by atoms with van der Waals surface area (Å²) in [7, 11) is 0. The van der Waals surface area contributed by atoms with Crippen molar-refractivity contribution in [2.75, 3.05) is 5.43 Å². The van der Waals surface area contributed by atoms with E-state index in [2.05, 4.69) is 10.4 Å². The molecule has 0 spiro atoms. The van der Waals surface area contributed by atoms with Crippen molar-refractivity contribution in [3.63, 3.8) is 0 Å². The highest BCUT2D eigenvalue weighted by Gasteiger charge is 2.14. The number of aromatic nitrogens is 2. The zero-order valence-corrected chi connectivity index (χ0v) is 12.2. The summed E-state index contributed by atoms with van der Waals surface area (Å²) in [5, 5.41) is 1.29. The second kappa shape index (κ2) is 5.37. The van der Waals surface area contributed by atoms with E-state index in [1.165, 1.54) is 4.57 Å². The first-order chi connectivity index (χ1) is 10.1. The molecular formula is C14H10Cl2N4O. The summed E-state index contributed by atoms with van der Waals surface area (Å²) in [6.45, 7) is 0. The maximum atomic E-state index is 12.7. The molecule has 1 heterocycles. The predicted octanol–water partition coefficient (Wildman–Crippen LogP) is 2.98. The van der Waals surface area contributed by atoms with Crippen LogP contribution >= 0.6 is 23.2 Å². The lowest BCUT2D eigenvalue weighted by Gasteiger charge is -2.14. The van der Waals surface area contributed by atoms with E-state index < -0.39 is 0 Å². The molecule has 3 aromatic rings. The van der Waals surface area contributed by atoms with Crippen LogP contribution in [-0.4, -0.2) is 9.55 Å². The fourth-order valence-electron chi connectivity index (χ4n) is 2.11. The third-order valence-corrected chi connectivity index (χ3v) is 3.61. The van der Waals surface area contributed by atoms with Crippen molar-refractivity contribution in [1.29, 1.82) is 0 Å². The van der Waals surface area contributed by atoms with Gasteiger partial charge < -0.3 is 0 Å². The lowest BCUT2D eigenvalue weighted by atomic mass is 10.2. The number of halogens is 2. The Hall–Kier alpha value is -2.08. The van der Waals surface area contributed by atoms with E-state index in [0.717, 1.165) is 0 Å². The number of nitrogen functional groups attached to an aromatic ring is 1. The van der Waals surface area contributed by atoms with E-state index in [9.17, 15) is 4.79 Å². The summed E-state index contributed by atoms with van der Waals surface area (Å²) in [5.74, 6) is 5.67. The third-order valence-electron chi connectivity index (χ3n) is 3.05. The first-order valence-corrected chi connectivity index (χ1v) is 6.81. The monoisotopic (exact) mass is 320 g/mol. The van der Waals surface area contributed by atoms with Crippen molar-refractivity contribution in [2.24, 2.45) is 5.84 Å². The topological polar surface area (TPSA) is 72.9 Å². The average molecular weight is 321 g/mol. The molecule has 7 heteroatoms. The molecular weight excluding hydrogens is 311 g/mol. The van der Waals surface area contributed by atoms with Crippen molar-refractivity contribution in [3.05, 3.63) is 62.9 Å². The molecule has 0 saturated heterocycles. The van der Waals surface area contributed by atoms with Crippen LogP contribution in [0.15, 0.2) is 47.3 Å². The van der Waals surface area contributed by atoms with Gasteiger partial charge in [0, 0.05) is 5.02 Å². The van der Waals surface area contributed by atoms with Crippen LogP contribution in [-0.2, 0) is 0 Å². The lowest BCUT2D eigenvalue weighted by Crippen LogP contribution is -2.26. The Morgan fingerprint density at radius 1 is 1.14 bits per heavy atom. The molecule has 3 N–H and O–H groups in total. The number of rotatable bonds is 2. The minimum atomic E-state index is -0.280. The second-order valence-corrected chi connectivity index (χ2v) is 5.18. The maximum Gasteiger partial charge on any atom is 0.267 e. The number of nitrogens with one attached hydrogen (secondary N) is 1. The smallest absolute Gasteiger partial charge is 0.267 e. The highest BCUT2D eigenvalue weighted by Crippen LogP contribution is 2.25. The summed E-state index contributed by atoms with van der Waals surface area (Å²) < 4.78 is 1.30. The van der Waals surface area contributed by atoms with Crippen LogP contribution in [0.2, 0.25) is 10.0 Å². The minimum absolute atomic E-state index is 0.183. The third kappa shape index (κ3) is 2.35. The molecule has 0 radical (unpaired) electrons. The highest BCUT2D eigenvalue weighted by atomic mass is 35.5. The SMILES string of the molecule is NNc1nc2ccccc2c(=O)n1-c1cc(Cl)ccc1Cl. The van der Waals surface area contributed by atoms with Crippen LogP contribution in [0.3, 0.4) is 0 Å². The molecule has 5 nitrogen and oxygen atoms in total. The van der Waals surface area contributed by atoms with Gasteiger partial charge >= 0.3 is 0 Å². The van der Waals surface area contributed by atoms with Gasteiger partial charge in [0.25, 0.3) is 5.56 Å². The van der Waals surface area contributed by atoms with Crippen LogP contribution in [0.25, 0.3) is 16.6 Å². The molecule has 2 aromatic carbocycles. The number of anilines is 1. The number of hydrazine groups is 1. The molecule has 1 aromatic heterocycles. The van der Waals surface area contributed by atoms with Gasteiger partial charge in [-0.2, -0.15) is 0 Å². The first kappa shape index (κ1) is 13.9. The number of para-hydroxylation sites is 1. The molecule has 0 amide bonds. The summed E-state index contributed by atoms with van der Waals surface area (Å²) in [5.41, 5.74) is 3.11. The van der Waals surface area contributed by atoms with Crippen molar-refractivity contribution in [1.82, 2.24) is 9.55 Å². The molecule has 0 atom stereocenters. The summed E-state index contributed by atoms with van der Waals surface area (Å²) >= 11 is 12.2. The lowest BCUT2D eigenvalue weighted by molar-refractivity contribution is 0.956. The molecule has 0 aliphatic carbocycles. The Kier molecular flexibility index (Phi) is 3.55. The zero-order chi connectivity index (χ0) is 15.0. The van der Waals surface area contributed by atoms with Gasteiger partial charge in [-0.05, 0) is 30.3 Å². The maximum absolute atomic E-state index is 12.7. The predicted molar refractivity (Wildman–Crippen MR) is 85.2 cm³/mol. The van der Waals surface area contributed by atoms with Crippen LogP contribution in [0.4, 0.5) is 5.95 Å². The van der Waals surface area contributed by atoms with Crippen molar-refractivity contribution in [2.45, 2.75) is 0 Å². The Morgan fingerprint density at radius 2 is 1.90 bits per heavy atom. The Balaban J connectivity index is 2.44. The van der Waals surface area contributed by atoms with Gasteiger partial charge in [-0.1, -0.05) is 35.3 Å². The second-order valence-electron chi connectivity index (χ2n) is 4.33. The normalized spacial score (nSPS) is 10.8. The van der Waals surface area contributed by atoms with Gasteiger partial charge in [0.15, 0.2) is 0 Å². The van der Waals surface area contributed by atoms with Crippen molar-refractivity contribution in [3.8, 4) is 5.69 Å². The van der Waals surface area contributed by atoms with E-state index in [4.69, 9.17) is 29.0 Å². The zero-order valence-electron chi connectivity index (χ0n) is 10.7. The number of nitrogens with zero attached hydrogens (tertiary/aromatic N) is 2. The van der Waals surface area contributed by atoms with Gasteiger partial charge in [-0.15, -0.1) is 0 Å². The van der Waals surface area contributed by atoms with E-state index in [-0.39, 0.29) is 11.5 Å². The summed E-state index contributed by atoms with van der Waals surface area (Å²) in [6, 6.07) is 11.8. The van der Waals surface area contributed by atoms with Crippen molar-refractivity contribution < 1.29 is 0 Å². The molecule has 21 heavy (non-hydrogen) atoms. The van der Waals surface area contributed by atoms with E-state index in [0.29, 0.717) is 26.6 Å². The molecule has 0 unspecified atom stereocenters. The standard InChI is InChI=1S/C14H10Cl2N4O/c15-8-5-6-10(16)12(7-8)20-13(21)9-3-1-2-4-11(9)18-14(20)19-17/h1-7H,17H2,(H,18,19). The van der Waals surface area contributed by atoms with E-state index >= 15 is 0 Å². The molecule has 0 aliphatic rings. The number of benzene rings is 2. The van der Waals surface area contributed by atoms with Crippen LogP contribution in [0.1, 0.15) is 0 Å². The van der Waals surface area contributed by atoms with Crippen LogP contribution < -0.4 is 16.8 Å². The highest BCUT2D eigenvalue weighted by molar-refractivity contribution is 6.34. The summed E-state index contributed by atoms with van der Waals surface area (Å²) in [4.78, 5) is 17.0. The van der Waals surface area contributed by atoms with Crippen molar-refractivity contribution >= 4 is 40.1 Å². The largest absolute Gasteiger partial charge is 0.293 e. The number of hydrogen-bond donors (Lipinski definition) is 2. The Morgan fingerprint density at radius 3 is 2.67 bits per heavy atom. The molecule has 3 rings (SSSR count). The van der Waals surface area contributed by atoms with Gasteiger partial charge in [0.05, 0.1) is 21.6 Å². The number of fused-ring (bicyclic) bond motifs is 1. The van der Waals surface area contributed by atoms with Crippen LogP contribution in [0.5, 0.6) is 0 Å². The molecule has 0 bridgehead atoms. The van der Waals surface area contributed by atoms with E-state index in [1.54, 1.807) is 42.5 Å². The Bertz CT molecular complexity index is 892. The fraction of sp³-hybridized carbons (Fsp3) is 0. The molecule has 0 fully saturated rings. The summed E-state index contributed by atoms with van der Waals surface area (Å²) in [6.07, 6.45) is 0. The Labute approximate surface area is 129 Å².